The Labute approximate surface area is 181 Å². The molecule has 164 valence electrons. The Hall–Kier alpha value is -3.48. The van der Waals surface area contributed by atoms with Gasteiger partial charge in [-0.25, -0.2) is 0 Å². The molecule has 0 fully saturated rings. The number of amides is 1. The molecule has 3 aromatic rings. The second-order valence-corrected chi connectivity index (χ2v) is 7.34. The summed E-state index contributed by atoms with van der Waals surface area (Å²) in [7, 11) is 1.40. The quantitative estimate of drug-likeness (QED) is 0.386. The van der Waals surface area contributed by atoms with E-state index in [4.69, 9.17) is 15.3 Å². The van der Waals surface area contributed by atoms with Crippen molar-refractivity contribution in [2.45, 2.75) is 32.6 Å². The van der Waals surface area contributed by atoms with E-state index in [1.54, 1.807) is 12.1 Å². The average molecular weight is 424 g/mol. The van der Waals surface area contributed by atoms with Gasteiger partial charge in [0.05, 0.1) is 6.61 Å². The van der Waals surface area contributed by atoms with Crippen molar-refractivity contribution >= 4 is 22.5 Å². The van der Waals surface area contributed by atoms with E-state index in [2.05, 4.69) is 12.2 Å². The van der Waals surface area contributed by atoms with Crippen LogP contribution in [0.2, 0.25) is 0 Å². The third kappa shape index (κ3) is 5.36. The van der Waals surface area contributed by atoms with Crippen molar-refractivity contribution in [3.05, 3.63) is 70.0 Å². The zero-order valence-electron chi connectivity index (χ0n) is 18.0. The van der Waals surface area contributed by atoms with Gasteiger partial charge in [0.1, 0.15) is 23.9 Å². The first kappa shape index (κ1) is 22.2. The van der Waals surface area contributed by atoms with Crippen molar-refractivity contribution in [3.63, 3.8) is 0 Å². The Morgan fingerprint density at radius 1 is 1.13 bits per heavy atom. The van der Waals surface area contributed by atoms with Crippen LogP contribution in [0.25, 0.3) is 10.9 Å². The highest BCUT2D eigenvalue weighted by atomic mass is 16.7. The molecule has 0 aliphatic rings. The number of pyridine rings is 1. The number of para-hydroxylation sites is 1. The zero-order chi connectivity index (χ0) is 22.2. The van der Waals surface area contributed by atoms with Crippen molar-refractivity contribution in [1.29, 1.82) is 0 Å². The van der Waals surface area contributed by atoms with Crippen LogP contribution in [0.1, 0.15) is 42.1 Å². The van der Waals surface area contributed by atoms with E-state index in [0.717, 1.165) is 29.6 Å². The van der Waals surface area contributed by atoms with Crippen LogP contribution in [-0.4, -0.2) is 30.9 Å². The summed E-state index contributed by atoms with van der Waals surface area (Å²) in [4.78, 5) is 31.0. The summed E-state index contributed by atoms with van der Waals surface area (Å²) in [6.45, 7) is 3.08. The molecule has 0 bridgehead atoms. The molecule has 1 amide bonds. The number of anilines is 1. The molecule has 0 atom stereocenters. The van der Waals surface area contributed by atoms with Crippen LogP contribution < -0.4 is 26.2 Å². The van der Waals surface area contributed by atoms with Gasteiger partial charge in [0.15, 0.2) is 0 Å². The van der Waals surface area contributed by atoms with Crippen LogP contribution in [-0.2, 0) is 6.42 Å². The molecule has 0 unspecified atom stereocenters. The average Bonchev–Trinajstić information content (AvgIpc) is 2.77. The van der Waals surface area contributed by atoms with E-state index in [9.17, 15) is 9.59 Å². The van der Waals surface area contributed by atoms with Gasteiger partial charge in [-0.15, -0.1) is 4.73 Å². The Balaban J connectivity index is 1.80. The molecule has 0 radical (unpaired) electrons. The van der Waals surface area contributed by atoms with Crippen molar-refractivity contribution in [3.8, 4) is 5.75 Å². The third-order valence-electron chi connectivity index (χ3n) is 5.06. The van der Waals surface area contributed by atoms with E-state index >= 15 is 0 Å². The first-order valence-corrected chi connectivity index (χ1v) is 10.5. The van der Waals surface area contributed by atoms with Crippen LogP contribution in [0.3, 0.4) is 0 Å². The summed E-state index contributed by atoms with van der Waals surface area (Å²) < 4.78 is 7.02. The molecular formula is C24H29N3O4. The normalized spacial score (nSPS) is 10.8. The smallest absolute Gasteiger partial charge is 0.296 e. The minimum absolute atomic E-state index is 0.0230. The van der Waals surface area contributed by atoms with Crippen LogP contribution in [0, 0.1) is 0 Å². The number of unbranched alkanes of at least 4 members (excludes halogenated alkanes) is 2. The number of rotatable bonds is 10. The van der Waals surface area contributed by atoms with Gasteiger partial charge >= 0.3 is 0 Å². The molecule has 0 aliphatic carbocycles. The maximum absolute atomic E-state index is 13.0. The Bertz CT molecular complexity index is 1090. The summed E-state index contributed by atoms with van der Waals surface area (Å²) in [5.74, 6) is 0.116. The predicted molar refractivity (Wildman–Crippen MR) is 123 cm³/mol. The summed E-state index contributed by atoms with van der Waals surface area (Å²) in [5, 5.41) is 3.50. The van der Waals surface area contributed by atoms with E-state index in [1.807, 2.05) is 36.4 Å². The summed E-state index contributed by atoms with van der Waals surface area (Å²) in [6.07, 6.45) is 3.73. The summed E-state index contributed by atoms with van der Waals surface area (Å²) in [5.41, 5.74) is 7.45. The maximum Gasteiger partial charge on any atom is 0.296 e. The molecule has 3 N–H and O–H groups in total. The molecule has 0 saturated heterocycles. The molecule has 3 rings (SSSR count). The number of nitrogens with two attached hydrogens (primary N) is 1. The second-order valence-electron chi connectivity index (χ2n) is 7.34. The van der Waals surface area contributed by atoms with Crippen molar-refractivity contribution in [2.24, 2.45) is 0 Å². The van der Waals surface area contributed by atoms with Gasteiger partial charge in [0.2, 0.25) is 0 Å². The number of nitrogens with zero attached hydrogens (tertiary/aromatic N) is 1. The van der Waals surface area contributed by atoms with Gasteiger partial charge in [0, 0.05) is 17.6 Å². The minimum Gasteiger partial charge on any atom is -0.491 e. The number of hydrogen-bond acceptors (Lipinski definition) is 5. The largest absolute Gasteiger partial charge is 0.491 e. The molecule has 1 heterocycles. The minimum atomic E-state index is -0.524. The summed E-state index contributed by atoms with van der Waals surface area (Å²) >= 11 is 0. The number of benzene rings is 2. The van der Waals surface area contributed by atoms with Gasteiger partial charge in [-0.3, -0.25) is 9.59 Å². The fourth-order valence-corrected chi connectivity index (χ4v) is 3.39. The number of nitrogens with one attached hydrogen (secondary N) is 1. The monoisotopic (exact) mass is 423 g/mol. The number of nitrogen functional groups attached to an aromatic ring is 1. The second kappa shape index (κ2) is 10.5. The standard InChI is InChI=1S/C24H29N3O4/c1-3-4-5-15-31-21-8-6-7-18-16-20(24(29)27(30-2)22(18)21)23(28)26-14-13-17-9-11-19(25)12-10-17/h6-12,16H,3-5,13-15,25H2,1-2H3,(H,26,28). The van der Waals surface area contributed by atoms with Gasteiger partial charge < -0.3 is 20.6 Å². The highest BCUT2D eigenvalue weighted by Gasteiger charge is 2.18. The number of hydrogen-bond donors (Lipinski definition) is 2. The van der Waals surface area contributed by atoms with Crippen molar-refractivity contribution in [2.75, 3.05) is 26.0 Å². The third-order valence-corrected chi connectivity index (χ3v) is 5.06. The van der Waals surface area contributed by atoms with E-state index in [0.29, 0.717) is 41.9 Å². The van der Waals surface area contributed by atoms with E-state index < -0.39 is 11.5 Å². The van der Waals surface area contributed by atoms with Crippen LogP contribution in [0.5, 0.6) is 5.75 Å². The lowest BCUT2D eigenvalue weighted by Gasteiger charge is -2.15. The van der Waals surface area contributed by atoms with E-state index in [1.165, 1.54) is 7.11 Å². The number of ether oxygens (including phenoxy) is 1. The number of aromatic nitrogens is 1. The highest BCUT2D eigenvalue weighted by Crippen LogP contribution is 2.25. The van der Waals surface area contributed by atoms with Gasteiger partial charge in [-0.05, 0) is 42.7 Å². The Kier molecular flexibility index (Phi) is 7.54. The fourth-order valence-electron chi connectivity index (χ4n) is 3.39. The van der Waals surface area contributed by atoms with Crippen LogP contribution >= 0.6 is 0 Å². The van der Waals surface area contributed by atoms with Crippen molar-refractivity contribution < 1.29 is 14.4 Å². The predicted octanol–water partition coefficient (Wildman–Crippen LogP) is 3.18. The van der Waals surface area contributed by atoms with Gasteiger partial charge in [-0.2, -0.15) is 0 Å². The summed E-state index contributed by atoms with van der Waals surface area (Å²) in [6, 6.07) is 14.5. The van der Waals surface area contributed by atoms with Crippen molar-refractivity contribution in [1.82, 2.24) is 10.0 Å². The molecule has 0 aliphatic heterocycles. The molecular weight excluding hydrogens is 394 g/mol. The molecule has 31 heavy (non-hydrogen) atoms. The van der Waals surface area contributed by atoms with E-state index in [-0.39, 0.29) is 5.56 Å². The molecule has 7 heteroatoms. The maximum atomic E-state index is 13.0. The molecule has 0 spiro atoms. The number of fused-ring (bicyclic) bond motifs is 1. The lowest BCUT2D eigenvalue weighted by Crippen LogP contribution is -2.35. The van der Waals surface area contributed by atoms with Gasteiger partial charge in [-0.1, -0.05) is 44.0 Å². The molecule has 1 aromatic heterocycles. The Morgan fingerprint density at radius 3 is 2.61 bits per heavy atom. The number of carbonyl (C=O) groups excluding carboxylic acids is 1. The SMILES string of the molecule is CCCCCOc1cccc2cc(C(=O)NCCc3ccc(N)cc3)c(=O)n(OC)c12. The highest BCUT2D eigenvalue weighted by molar-refractivity contribution is 5.98. The topological polar surface area (TPSA) is 95.6 Å². The zero-order valence-corrected chi connectivity index (χ0v) is 18.0. The number of carbonyl (C=O) groups is 1. The Morgan fingerprint density at radius 2 is 1.90 bits per heavy atom. The van der Waals surface area contributed by atoms with Crippen LogP contribution in [0.4, 0.5) is 5.69 Å². The lowest BCUT2D eigenvalue weighted by atomic mass is 10.1. The first-order valence-electron chi connectivity index (χ1n) is 10.5. The molecule has 2 aromatic carbocycles. The fraction of sp³-hybridized carbons (Fsp3) is 0.333. The van der Waals surface area contributed by atoms with Crippen LogP contribution in [0.15, 0.2) is 53.3 Å². The molecule has 0 saturated carbocycles. The molecule has 7 nitrogen and oxygen atoms in total. The first-order chi connectivity index (χ1) is 15.0. The lowest BCUT2D eigenvalue weighted by molar-refractivity contribution is 0.0946. The van der Waals surface area contributed by atoms with Gasteiger partial charge in [0.25, 0.3) is 11.5 Å².